The fourth-order valence-electron chi connectivity index (χ4n) is 3.20. The van der Waals surface area contributed by atoms with Gasteiger partial charge in [-0.1, -0.05) is 18.2 Å². The average molecular weight is 243 g/mol. The number of phenols is 1. The van der Waals surface area contributed by atoms with Crippen LogP contribution >= 0.6 is 0 Å². The van der Waals surface area contributed by atoms with Crippen LogP contribution in [0, 0.1) is 0 Å². The lowest BCUT2D eigenvalue weighted by atomic mass is 9.86. The number of aromatic hydroxyl groups is 1. The second kappa shape index (κ2) is 5.15. The fourth-order valence-corrected chi connectivity index (χ4v) is 3.20. The van der Waals surface area contributed by atoms with Crippen molar-refractivity contribution in [3.63, 3.8) is 0 Å². The van der Waals surface area contributed by atoms with E-state index in [9.17, 15) is 5.11 Å². The summed E-state index contributed by atoms with van der Waals surface area (Å²) in [5.74, 6) is 0.398. The summed E-state index contributed by atoms with van der Waals surface area (Å²) < 4.78 is 0. The molecule has 2 atom stereocenters. The van der Waals surface area contributed by atoms with Gasteiger partial charge in [-0.05, 0) is 61.8 Å². The molecule has 0 fully saturated rings. The minimum Gasteiger partial charge on any atom is -0.508 e. The van der Waals surface area contributed by atoms with Crippen molar-refractivity contribution in [3.8, 4) is 5.75 Å². The van der Waals surface area contributed by atoms with Crippen LogP contribution in [0.3, 0.4) is 0 Å². The lowest BCUT2D eigenvalue weighted by Gasteiger charge is -2.31. The van der Waals surface area contributed by atoms with E-state index in [0.29, 0.717) is 17.8 Å². The number of hydrogen-bond acceptors (Lipinski definition) is 2. The smallest absolute Gasteiger partial charge is 0.115 e. The summed E-state index contributed by atoms with van der Waals surface area (Å²) in [5, 5.41) is 13.4. The summed E-state index contributed by atoms with van der Waals surface area (Å²) in [4.78, 5) is 0. The van der Waals surface area contributed by atoms with Gasteiger partial charge in [-0.2, -0.15) is 0 Å². The van der Waals surface area contributed by atoms with Crippen LogP contribution in [0.25, 0.3) is 0 Å². The molecule has 3 rings (SSSR count). The quantitative estimate of drug-likeness (QED) is 0.780. The number of phenolic OH excluding ortho intramolecular Hbond substituents is 1. The van der Waals surface area contributed by atoms with Gasteiger partial charge in [0.1, 0.15) is 5.75 Å². The van der Waals surface area contributed by atoms with Crippen molar-refractivity contribution in [2.45, 2.75) is 50.6 Å². The van der Waals surface area contributed by atoms with Crippen molar-refractivity contribution in [2.24, 2.45) is 0 Å². The number of aryl methyl sites for hydroxylation is 1. The number of fused-ring (bicyclic) bond motifs is 1. The average Bonchev–Trinajstić information content (AvgIpc) is 2.40. The third kappa shape index (κ3) is 2.44. The number of benzene rings is 1. The van der Waals surface area contributed by atoms with Crippen LogP contribution in [0.4, 0.5) is 0 Å². The van der Waals surface area contributed by atoms with Crippen LogP contribution in [0.5, 0.6) is 5.75 Å². The molecule has 2 unspecified atom stereocenters. The predicted molar refractivity (Wildman–Crippen MR) is 73.7 cm³/mol. The van der Waals surface area contributed by atoms with Crippen LogP contribution < -0.4 is 5.32 Å². The van der Waals surface area contributed by atoms with Gasteiger partial charge in [-0.25, -0.2) is 0 Å². The first-order valence-corrected chi connectivity index (χ1v) is 7.06. The van der Waals surface area contributed by atoms with Gasteiger partial charge in [0.15, 0.2) is 0 Å². The Balaban J connectivity index is 1.76. The van der Waals surface area contributed by atoms with Crippen LogP contribution in [-0.2, 0) is 6.42 Å². The molecule has 0 aromatic heterocycles. The predicted octanol–water partition coefficient (Wildman–Crippen LogP) is 3.47. The molecule has 18 heavy (non-hydrogen) atoms. The zero-order valence-electron chi connectivity index (χ0n) is 10.7. The van der Waals surface area contributed by atoms with Crippen molar-refractivity contribution in [3.05, 3.63) is 41.5 Å². The van der Waals surface area contributed by atoms with Gasteiger partial charge in [0.25, 0.3) is 0 Å². The second-order valence-electron chi connectivity index (χ2n) is 5.48. The second-order valence-corrected chi connectivity index (χ2v) is 5.48. The molecule has 2 nitrogen and oxygen atoms in total. The van der Waals surface area contributed by atoms with E-state index in [0.717, 1.165) is 12.8 Å². The van der Waals surface area contributed by atoms with Gasteiger partial charge in [-0.3, -0.25) is 0 Å². The maximum absolute atomic E-state index is 9.57. The summed E-state index contributed by atoms with van der Waals surface area (Å²) in [7, 11) is 0. The first-order valence-electron chi connectivity index (χ1n) is 7.06. The Bertz CT molecular complexity index is 452. The standard InChI is InChI=1S/C16H21NO/c18-14-9-10-15-12(11-14)5-4-8-16(15)17-13-6-2-1-3-7-13/h1-2,9-11,13,16-18H,3-8H2. The minimum atomic E-state index is 0.398. The lowest BCUT2D eigenvalue weighted by molar-refractivity contribution is 0.375. The van der Waals surface area contributed by atoms with Gasteiger partial charge in [0.05, 0.1) is 0 Å². The molecule has 0 saturated heterocycles. The van der Waals surface area contributed by atoms with Crippen molar-refractivity contribution < 1.29 is 5.11 Å². The molecular formula is C16H21NO. The largest absolute Gasteiger partial charge is 0.508 e. The highest BCUT2D eigenvalue weighted by atomic mass is 16.3. The van der Waals surface area contributed by atoms with E-state index in [4.69, 9.17) is 0 Å². The van der Waals surface area contributed by atoms with Crippen LogP contribution in [-0.4, -0.2) is 11.1 Å². The van der Waals surface area contributed by atoms with Crippen molar-refractivity contribution in [1.29, 1.82) is 0 Å². The van der Waals surface area contributed by atoms with Crippen LogP contribution in [0.2, 0.25) is 0 Å². The molecule has 2 aliphatic rings. The first-order chi connectivity index (χ1) is 8.83. The van der Waals surface area contributed by atoms with E-state index < -0.39 is 0 Å². The van der Waals surface area contributed by atoms with Crippen molar-refractivity contribution in [1.82, 2.24) is 5.32 Å². The Hall–Kier alpha value is -1.28. The first kappa shape index (κ1) is 11.8. The van der Waals surface area contributed by atoms with Crippen molar-refractivity contribution in [2.75, 3.05) is 0 Å². The Morgan fingerprint density at radius 1 is 1.17 bits per heavy atom. The molecule has 96 valence electrons. The summed E-state index contributed by atoms with van der Waals surface area (Å²) in [6, 6.07) is 6.95. The number of allylic oxidation sites excluding steroid dienone is 1. The zero-order chi connectivity index (χ0) is 12.4. The Kier molecular flexibility index (Phi) is 3.37. The van der Waals surface area contributed by atoms with E-state index in [1.807, 2.05) is 12.1 Å². The molecule has 0 aliphatic heterocycles. The molecule has 1 aromatic carbocycles. The van der Waals surface area contributed by atoms with Gasteiger partial charge in [0, 0.05) is 12.1 Å². The van der Waals surface area contributed by atoms with Crippen LogP contribution in [0.15, 0.2) is 30.4 Å². The molecular weight excluding hydrogens is 222 g/mol. The summed E-state index contributed by atoms with van der Waals surface area (Å²) in [6.07, 6.45) is 11.7. The third-order valence-corrected chi connectivity index (χ3v) is 4.15. The molecule has 0 heterocycles. The Morgan fingerprint density at radius 3 is 2.94 bits per heavy atom. The third-order valence-electron chi connectivity index (χ3n) is 4.15. The highest BCUT2D eigenvalue weighted by molar-refractivity contribution is 5.38. The summed E-state index contributed by atoms with van der Waals surface area (Å²) in [6.45, 7) is 0. The van der Waals surface area contributed by atoms with E-state index in [1.54, 1.807) is 0 Å². The molecule has 0 spiro atoms. The molecule has 0 bridgehead atoms. The highest BCUT2D eigenvalue weighted by Crippen LogP contribution is 2.32. The van der Waals surface area contributed by atoms with Gasteiger partial charge < -0.3 is 10.4 Å². The maximum Gasteiger partial charge on any atom is 0.115 e. The minimum absolute atomic E-state index is 0.398. The van der Waals surface area contributed by atoms with Crippen molar-refractivity contribution >= 4 is 0 Å². The normalized spacial score (nSPS) is 26.9. The van der Waals surface area contributed by atoms with E-state index in [2.05, 4.69) is 23.5 Å². The molecule has 0 radical (unpaired) electrons. The summed E-state index contributed by atoms with van der Waals surface area (Å²) >= 11 is 0. The number of nitrogens with one attached hydrogen (secondary N) is 1. The lowest BCUT2D eigenvalue weighted by Crippen LogP contribution is -2.35. The SMILES string of the molecule is Oc1ccc2c(c1)CCCC2NC1CC=CCC1. The van der Waals surface area contributed by atoms with Gasteiger partial charge in [-0.15, -0.1) is 0 Å². The molecule has 0 amide bonds. The van der Waals surface area contributed by atoms with Gasteiger partial charge in [0.2, 0.25) is 0 Å². The zero-order valence-corrected chi connectivity index (χ0v) is 10.7. The Morgan fingerprint density at radius 2 is 2.11 bits per heavy atom. The molecule has 2 N–H and O–H groups in total. The number of hydrogen-bond donors (Lipinski definition) is 2. The number of rotatable bonds is 2. The topological polar surface area (TPSA) is 32.3 Å². The molecule has 2 heteroatoms. The Labute approximate surface area is 109 Å². The maximum atomic E-state index is 9.57. The fraction of sp³-hybridized carbons (Fsp3) is 0.500. The monoisotopic (exact) mass is 243 g/mol. The molecule has 0 saturated carbocycles. The molecule has 1 aromatic rings. The highest BCUT2D eigenvalue weighted by Gasteiger charge is 2.23. The molecule has 2 aliphatic carbocycles. The summed E-state index contributed by atoms with van der Waals surface area (Å²) in [5.41, 5.74) is 2.72. The van der Waals surface area contributed by atoms with Crippen LogP contribution in [0.1, 0.15) is 49.3 Å². The van der Waals surface area contributed by atoms with E-state index in [-0.39, 0.29) is 0 Å². The van der Waals surface area contributed by atoms with E-state index in [1.165, 1.54) is 36.8 Å². The van der Waals surface area contributed by atoms with E-state index >= 15 is 0 Å². The van der Waals surface area contributed by atoms with Gasteiger partial charge >= 0.3 is 0 Å².